The third-order valence-electron chi connectivity index (χ3n) is 2.48. The van der Waals surface area contributed by atoms with E-state index in [1.807, 2.05) is 0 Å². The SMILES string of the molecule is CCCCNC(=O)NC(C)C(=O)NC1CC1. The van der Waals surface area contributed by atoms with Gasteiger partial charge in [-0.3, -0.25) is 4.79 Å². The van der Waals surface area contributed by atoms with Crippen molar-refractivity contribution < 1.29 is 9.59 Å². The molecule has 5 heteroatoms. The van der Waals surface area contributed by atoms with Crippen LogP contribution < -0.4 is 16.0 Å². The highest BCUT2D eigenvalue weighted by Gasteiger charge is 2.25. The molecule has 0 spiro atoms. The zero-order chi connectivity index (χ0) is 12.0. The minimum absolute atomic E-state index is 0.104. The molecule has 92 valence electrons. The molecule has 3 N–H and O–H groups in total. The third-order valence-corrected chi connectivity index (χ3v) is 2.48. The summed E-state index contributed by atoms with van der Waals surface area (Å²) in [5.74, 6) is -0.104. The molecule has 0 aromatic carbocycles. The van der Waals surface area contributed by atoms with E-state index in [0.29, 0.717) is 12.6 Å². The molecule has 1 aliphatic rings. The summed E-state index contributed by atoms with van der Waals surface area (Å²) in [5, 5.41) is 8.16. The van der Waals surface area contributed by atoms with Gasteiger partial charge in [0.15, 0.2) is 0 Å². The standard InChI is InChI=1S/C11H21N3O2/c1-3-4-7-12-11(16)13-8(2)10(15)14-9-5-6-9/h8-9H,3-7H2,1-2H3,(H,14,15)(H2,12,13,16). The van der Waals surface area contributed by atoms with Crippen LogP contribution in [0.4, 0.5) is 4.79 Å². The summed E-state index contributed by atoms with van der Waals surface area (Å²) in [6.45, 7) is 4.40. The van der Waals surface area contributed by atoms with E-state index in [1.54, 1.807) is 6.92 Å². The minimum atomic E-state index is -0.470. The molecule has 0 aromatic heterocycles. The smallest absolute Gasteiger partial charge is 0.315 e. The summed E-state index contributed by atoms with van der Waals surface area (Å²) in [5.41, 5.74) is 0. The lowest BCUT2D eigenvalue weighted by Crippen LogP contribution is -2.49. The molecule has 0 aromatic rings. The Balaban J connectivity index is 2.13. The molecule has 3 amide bonds. The monoisotopic (exact) mass is 227 g/mol. The van der Waals surface area contributed by atoms with Crippen molar-refractivity contribution in [3.05, 3.63) is 0 Å². The molecule has 5 nitrogen and oxygen atoms in total. The fourth-order valence-electron chi connectivity index (χ4n) is 1.25. The van der Waals surface area contributed by atoms with Crippen LogP contribution in [0.25, 0.3) is 0 Å². The maximum absolute atomic E-state index is 11.5. The molecule has 16 heavy (non-hydrogen) atoms. The largest absolute Gasteiger partial charge is 0.352 e. The lowest BCUT2D eigenvalue weighted by Gasteiger charge is -2.14. The summed E-state index contributed by atoms with van der Waals surface area (Å²) in [6, 6.07) is -0.408. The lowest BCUT2D eigenvalue weighted by atomic mass is 10.3. The number of unbranched alkanes of at least 4 members (excludes halogenated alkanes) is 1. The van der Waals surface area contributed by atoms with E-state index in [2.05, 4.69) is 22.9 Å². The number of carbonyl (C=O) groups is 2. The Labute approximate surface area is 96.4 Å². The van der Waals surface area contributed by atoms with E-state index in [0.717, 1.165) is 25.7 Å². The second kappa shape index (κ2) is 6.35. The summed E-state index contributed by atoms with van der Waals surface area (Å²) in [6.07, 6.45) is 4.11. The summed E-state index contributed by atoms with van der Waals surface area (Å²) >= 11 is 0. The molecule has 0 bridgehead atoms. The van der Waals surface area contributed by atoms with E-state index >= 15 is 0 Å². The first-order valence-electron chi connectivity index (χ1n) is 5.98. The van der Waals surface area contributed by atoms with Gasteiger partial charge in [0.1, 0.15) is 6.04 Å². The Hall–Kier alpha value is -1.26. The average Bonchev–Trinajstić information content (AvgIpc) is 3.02. The minimum Gasteiger partial charge on any atom is -0.352 e. The van der Waals surface area contributed by atoms with Crippen molar-refractivity contribution in [2.75, 3.05) is 6.54 Å². The van der Waals surface area contributed by atoms with Gasteiger partial charge in [-0.15, -0.1) is 0 Å². The van der Waals surface area contributed by atoms with Crippen molar-refractivity contribution >= 4 is 11.9 Å². The summed E-state index contributed by atoms with van der Waals surface area (Å²) in [4.78, 5) is 22.8. The van der Waals surface area contributed by atoms with Crippen molar-refractivity contribution in [1.82, 2.24) is 16.0 Å². The number of amides is 3. The van der Waals surface area contributed by atoms with Gasteiger partial charge in [0, 0.05) is 12.6 Å². The van der Waals surface area contributed by atoms with Crippen LogP contribution in [0.2, 0.25) is 0 Å². The van der Waals surface area contributed by atoms with Gasteiger partial charge in [-0.2, -0.15) is 0 Å². The van der Waals surface area contributed by atoms with E-state index < -0.39 is 6.04 Å². The molecule has 1 aliphatic carbocycles. The molecule has 0 saturated heterocycles. The van der Waals surface area contributed by atoms with Gasteiger partial charge in [0.05, 0.1) is 0 Å². The van der Waals surface area contributed by atoms with Gasteiger partial charge in [0.2, 0.25) is 5.91 Å². The zero-order valence-corrected chi connectivity index (χ0v) is 10.0. The van der Waals surface area contributed by atoms with E-state index in [-0.39, 0.29) is 11.9 Å². The highest BCUT2D eigenvalue weighted by atomic mass is 16.2. The van der Waals surface area contributed by atoms with Crippen molar-refractivity contribution in [3.63, 3.8) is 0 Å². The lowest BCUT2D eigenvalue weighted by molar-refractivity contribution is -0.122. The Bertz CT molecular complexity index is 252. The molecule has 1 unspecified atom stereocenters. The highest BCUT2D eigenvalue weighted by Crippen LogP contribution is 2.18. The Morgan fingerprint density at radius 2 is 2.06 bits per heavy atom. The Morgan fingerprint density at radius 1 is 1.38 bits per heavy atom. The summed E-state index contributed by atoms with van der Waals surface area (Å²) in [7, 11) is 0. The van der Waals surface area contributed by atoms with Crippen LogP contribution >= 0.6 is 0 Å². The second-order valence-corrected chi connectivity index (χ2v) is 4.26. The topological polar surface area (TPSA) is 70.2 Å². The number of hydrogen-bond acceptors (Lipinski definition) is 2. The van der Waals surface area contributed by atoms with Gasteiger partial charge in [-0.25, -0.2) is 4.79 Å². The van der Waals surface area contributed by atoms with Crippen molar-refractivity contribution in [2.45, 2.75) is 51.6 Å². The van der Waals surface area contributed by atoms with Gasteiger partial charge >= 0.3 is 6.03 Å². The van der Waals surface area contributed by atoms with Crippen molar-refractivity contribution in [2.24, 2.45) is 0 Å². The molecule has 1 fully saturated rings. The second-order valence-electron chi connectivity index (χ2n) is 4.26. The third kappa shape index (κ3) is 5.00. The normalized spacial score (nSPS) is 16.4. The molecular weight excluding hydrogens is 206 g/mol. The molecule has 0 aliphatic heterocycles. The number of carbonyl (C=O) groups excluding carboxylic acids is 2. The van der Waals surface area contributed by atoms with Crippen LogP contribution in [-0.4, -0.2) is 30.6 Å². The Morgan fingerprint density at radius 3 is 2.62 bits per heavy atom. The van der Waals surface area contributed by atoms with E-state index in [4.69, 9.17) is 0 Å². The van der Waals surface area contributed by atoms with Crippen LogP contribution in [0.15, 0.2) is 0 Å². The van der Waals surface area contributed by atoms with Gasteiger partial charge < -0.3 is 16.0 Å². The van der Waals surface area contributed by atoms with Gasteiger partial charge in [0.25, 0.3) is 0 Å². The molecule has 1 rings (SSSR count). The summed E-state index contributed by atoms with van der Waals surface area (Å²) < 4.78 is 0. The highest BCUT2D eigenvalue weighted by molar-refractivity contribution is 5.86. The van der Waals surface area contributed by atoms with Gasteiger partial charge in [-0.1, -0.05) is 13.3 Å². The number of urea groups is 1. The fourth-order valence-corrected chi connectivity index (χ4v) is 1.25. The van der Waals surface area contributed by atoms with Crippen LogP contribution in [-0.2, 0) is 4.79 Å². The molecule has 1 atom stereocenters. The Kier molecular flexibility index (Phi) is 5.08. The molecule has 1 saturated carbocycles. The average molecular weight is 227 g/mol. The molecule has 0 radical (unpaired) electrons. The van der Waals surface area contributed by atoms with Crippen LogP contribution in [0, 0.1) is 0 Å². The predicted octanol–water partition coefficient (Wildman–Crippen LogP) is 0.753. The maximum atomic E-state index is 11.5. The van der Waals surface area contributed by atoms with Crippen LogP contribution in [0.1, 0.15) is 39.5 Å². The first-order chi connectivity index (χ1) is 7.63. The van der Waals surface area contributed by atoms with Crippen molar-refractivity contribution in [1.29, 1.82) is 0 Å². The van der Waals surface area contributed by atoms with E-state index in [9.17, 15) is 9.59 Å². The number of rotatable bonds is 6. The number of hydrogen-bond donors (Lipinski definition) is 3. The first-order valence-corrected chi connectivity index (χ1v) is 5.98. The molecular formula is C11H21N3O2. The van der Waals surface area contributed by atoms with E-state index in [1.165, 1.54) is 0 Å². The van der Waals surface area contributed by atoms with Gasteiger partial charge in [-0.05, 0) is 26.2 Å². The van der Waals surface area contributed by atoms with Crippen molar-refractivity contribution in [3.8, 4) is 0 Å². The van der Waals surface area contributed by atoms with Crippen LogP contribution in [0.5, 0.6) is 0 Å². The fraction of sp³-hybridized carbons (Fsp3) is 0.818. The van der Waals surface area contributed by atoms with Crippen LogP contribution in [0.3, 0.4) is 0 Å². The predicted molar refractivity (Wildman–Crippen MR) is 62.1 cm³/mol. The zero-order valence-electron chi connectivity index (χ0n) is 10.0. The first kappa shape index (κ1) is 12.8. The molecule has 0 heterocycles. The maximum Gasteiger partial charge on any atom is 0.315 e. The quantitative estimate of drug-likeness (QED) is 0.586. The number of nitrogens with one attached hydrogen (secondary N) is 3.